The number of ether oxygens (including phenoxy) is 4. The Kier molecular flexibility index (Phi) is 7.40. The van der Waals surface area contributed by atoms with Crippen LogP contribution in [0.4, 0.5) is 0 Å². The van der Waals surface area contributed by atoms with Crippen molar-refractivity contribution < 1.29 is 23.7 Å². The minimum absolute atomic E-state index is 0.0482. The van der Waals surface area contributed by atoms with Gasteiger partial charge in [0.25, 0.3) is 5.56 Å². The number of benzene rings is 2. The molecule has 0 bridgehead atoms. The van der Waals surface area contributed by atoms with Crippen LogP contribution in [0.5, 0.6) is 17.2 Å². The van der Waals surface area contributed by atoms with E-state index in [0.29, 0.717) is 43.4 Å². The Morgan fingerprint density at radius 2 is 1.78 bits per heavy atom. The Balaban J connectivity index is 1.92. The van der Waals surface area contributed by atoms with Crippen molar-refractivity contribution >= 4 is 23.4 Å². The second kappa shape index (κ2) is 10.7. The molecule has 9 heteroatoms. The first-order chi connectivity index (χ1) is 17.4. The number of rotatable bonds is 8. The third kappa shape index (κ3) is 4.70. The number of nitrogens with zero attached hydrogens (tertiary/aromatic N) is 2. The third-order valence-corrected chi connectivity index (χ3v) is 6.72. The van der Waals surface area contributed by atoms with Crippen LogP contribution in [0.2, 0.25) is 0 Å². The van der Waals surface area contributed by atoms with Crippen LogP contribution in [-0.2, 0) is 9.53 Å². The van der Waals surface area contributed by atoms with Crippen LogP contribution in [0.3, 0.4) is 0 Å². The molecule has 36 heavy (non-hydrogen) atoms. The highest BCUT2D eigenvalue weighted by Crippen LogP contribution is 2.32. The van der Waals surface area contributed by atoms with Gasteiger partial charge in [-0.3, -0.25) is 9.36 Å². The molecule has 1 aliphatic rings. The Morgan fingerprint density at radius 1 is 1.08 bits per heavy atom. The molecule has 0 N–H and O–H groups in total. The number of allylic oxidation sites excluding steroid dienone is 1. The number of carbonyl (C=O) groups excluding carboxylic acids is 1. The summed E-state index contributed by atoms with van der Waals surface area (Å²) in [5.74, 6) is 1.32. The molecule has 3 aromatic rings. The molecule has 0 saturated carbocycles. The van der Waals surface area contributed by atoms with E-state index in [1.54, 1.807) is 58.6 Å². The minimum Gasteiger partial charge on any atom is -0.497 e. The summed E-state index contributed by atoms with van der Waals surface area (Å²) < 4.78 is 23.4. The molecule has 0 saturated heterocycles. The SMILES string of the molecule is C=CCOC(=O)C1=C(C)N=c2s/c(=C\c3ccc(OC)cc3OC)c(=O)n2C1c1ccc(OC)cc1. The highest BCUT2D eigenvalue weighted by molar-refractivity contribution is 7.07. The number of carbonyl (C=O) groups is 1. The summed E-state index contributed by atoms with van der Waals surface area (Å²) in [6.45, 7) is 5.39. The van der Waals surface area contributed by atoms with Crippen molar-refractivity contribution in [1.29, 1.82) is 0 Å². The van der Waals surface area contributed by atoms with Crippen LogP contribution >= 0.6 is 11.3 Å². The summed E-state index contributed by atoms with van der Waals surface area (Å²) >= 11 is 1.24. The van der Waals surface area contributed by atoms with Gasteiger partial charge in [0, 0.05) is 11.6 Å². The molecule has 4 rings (SSSR count). The molecule has 2 heterocycles. The molecule has 0 spiro atoms. The van der Waals surface area contributed by atoms with Crippen molar-refractivity contribution in [2.45, 2.75) is 13.0 Å². The highest BCUT2D eigenvalue weighted by Gasteiger charge is 2.33. The molecule has 2 aromatic carbocycles. The standard InChI is InChI=1S/C27H26N2O6S/c1-6-13-35-26(31)23-16(2)28-27-29(24(23)17-7-10-19(32-3)11-8-17)25(30)22(36-27)14-18-9-12-20(33-4)15-21(18)34-5/h6-12,14-15,24H,1,13H2,2-5H3/b22-14-. The van der Waals surface area contributed by atoms with Gasteiger partial charge in [-0.2, -0.15) is 0 Å². The number of hydrogen-bond donors (Lipinski definition) is 0. The number of thiazole rings is 1. The first kappa shape index (κ1) is 25.0. The molecule has 0 fully saturated rings. The molecule has 1 unspecified atom stereocenters. The maximum absolute atomic E-state index is 13.7. The summed E-state index contributed by atoms with van der Waals surface area (Å²) in [6.07, 6.45) is 3.25. The summed E-state index contributed by atoms with van der Waals surface area (Å²) in [7, 11) is 4.71. The van der Waals surface area contributed by atoms with Crippen LogP contribution in [0.1, 0.15) is 24.1 Å². The minimum atomic E-state index is -0.718. The van der Waals surface area contributed by atoms with Crippen molar-refractivity contribution in [2.75, 3.05) is 27.9 Å². The van der Waals surface area contributed by atoms with Gasteiger partial charge in [-0.15, -0.1) is 0 Å². The van der Waals surface area contributed by atoms with E-state index >= 15 is 0 Å². The van der Waals surface area contributed by atoms with Crippen molar-refractivity contribution in [3.63, 3.8) is 0 Å². The van der Waals surface area contributed by atoms with E-state index in [4.69, 9.17) is 18.9 Å². The van der Waals surface area contributed by atoms with Crippen LogP contribution < -0.4 is 29.1 Å². The lowest BCUT2D eigenvalue weighted by Gasteiger charge is -2.24. The summed E-state index contributed by atoms with van der Waals surface area (Å²) in [4.78, 5) is 31.9. The number of aromatic nitrogens is 1. The first-order valence-corrected chi connectivity index (χ1v) is 11.9. The average molecular weight is 507 g/mol. The number of methoxy groups -OCH3 is 3. The lowest BCUT2D eigenvalue weighted by Crippen LogP contribution is -2.39. The van der Waals surface area contributed by atoms with Gasteiger partial charge in [0.1, 0.15) is 23.9 Å². The van der Waals surface area contributed by atoms with Gasteiger partial charge in [-0.05, 0) is 42.8 Å². The maximum atomic E-state index is 13.7. The van der Waals surface area contributed by atoms with Crippen LogP contribution in [0, 0.1) is 0 Å². The van der Waals surface area contributed by atoms with Crippen LogP contribution in [0.25, 0.3) is 6.08 Å². The van der Waals surface area contributed by atoms with E-state index in [1.165, 1.54) is 22.0 Å². The molecule has 8 nitrogen and oxygen atoms in total. The fourth-order valence-electron chi connectivity index (χ4n) is 3.98. The smallest absolute Gasteiger partial charge is 0.338 e. The molecule has 1 aromatic heterocycles. The molecular weight excluding hydrogens is 480 g/mol. The van der Waals surface area contributed by atoms with Gasteiger partial charge in [0.2, 0.25) is 0 Å². The molecule has 1 aliphatic heterocycles. The van der Waals surface area contributed by atoms with Gasteiger partial charge in [0.15, 0.2) is 4.80 Å². The Morgan fingerprint density at radius 3 is 2.42 bits per heavy atom. The van der Waals surface area contributed by atoms with Crippen molar-refractivity contribution in [2.24, 2.45) is 4.99 Å². The molecule has 1 atom stereocenters. The maximum Gasteiger partial charge on any atom is 0.338 e. The van der Waals surface area contributed by atoms with Crippen LogP contribution in [-0.4, -0.2) is 38.5 Å². The van der Waals surface area contributed by atoms with Gasteiger partial charge in [0.05, 0.1) is 43.2 Å². The molecule has 0 radical (unpaired) electrons. The third-order valence-electron chi connectivity index (χ3n) is 5.73. The fourth-order valence-corrected chi connectivity index (χ4v) is 5.01. The van der Waals surface area contributed by atoms with Crippen molar-refractivity contribution in [3.05, 3.63) is 97.2 Å². The normalized spacial score (nSPS) is 15.1. The monoisotopic (exact) mass is 506 g/mol. The molecular formula is C27H26N2O6S. The van der Waals surface area contributed by atoms with E-state index in [2.05, 4.69) is 11.6 Å². The largest absolute Gasteiger partial charge is 0.497 e. The Labute approximate surface area is 212 Å². The van der Waals surface area contributed by atoms with E-state index in [-0.39, 0.29) is 12.2 Å². The second-order valence-corrected chi connectivity index (χ2v) is 8.86. The number of hydrogen-bond acceptors (Lipinski definition) is 8. The lowest BCUT2D eigenvalue weighted by molar-refractivity contribution is -0.138. The topological polar surface area (TPSA) is 88.4 Å². The van der Waals surface area contributed by atoms with Crippen LogP contribution in [0.15, 0.2) is 76.2 Å². The summed E-state index contributed by atoms with van der Waals surface area (Å²) in [5.41, 5.74) is 1.94. The van der Waals surface area contributed by atoms with Crippen molar-refractivity contribution in [3.8, 4) is 17.2 Å². The predicted octanol–water partition coefficient (Wildman–Crippen LogP) is 2.99. The summed E-state index contributed by atoms with van der Waals surface area (Å²) in [6, 6.07) is 11.9. The predicted molar refractivity (Wildman–Crippen MR) is 137 cm³/mol. The zero-order valence-corrected chi connectivity index (χ0v) is 21.3. The zero-order chi connectivity index (χ0) is 25.8. The van der Waals surface area contributed by atoms with Gasteiger partial charge < -0.3 is 18.9 Å². The van der Waals surface area contributed by atoms with E-state index in [9.17, 15) is 9.59 Å². The lowest BCUT2D eigenvalue weighted by atomic mass is 9.96. The molecule has 186 valence electrons. The average Bonchev–Trinajstić information content (AvgIpc) is 3.20. The second-order valence-electron chi connectivity index (χ2n) is 7.85. The van der Waals surface area contributed by atoms with Gasteiger partial charge in [-0.1, -0.05) is 36.1 Å². The van der Waals surface area contributed by atoms with Crippen molar-refractivity contribution in [1.82, 2.24) is 4.57 Å². The molecule has 0 aliphatic carbocycles. The van der Waals surface area contributed by atoms with E-state index in [1.807, 2.05) is 18.2 Å². The Bertz CT molecular complexity index is 1520. The quantitative estimate of drug-likeness (QED) is 0.345. The summed E-state index contributed by atoms with van der Waals surface area (Å²) in [5, 5.41) is 0. The number of fused-ring (bicyclic) bond motifs is 1. The van der Waals surface area contributed by atoms with Gasteiger partial charge >= 0.3 is 5.97 Å². The number of esters is 1. The zero-order valence-electron chi connectivity index (χ0n) is 20.4. The van der Waals surface area contributed by atoms with Gasteiger partial charge in [-0.25, -0.2) is 9.79 Å². The highest BCUT2D eigenvalue weighted by atomic mass is 32.1. The Hall–Kier alpha value is -4.11. The molecule has 0 amide bonds. The van der Waals surface area contributed by atoms with E-state index in [0.717, 1.165) is 5.56 Å². The fraction of sp³-hybridized carbons (Fsp3) is 0.222. The van der Waals surface area contributed by atoms with E-state index < -0.39 is 12.0 Å². The first-order valence-electron chi connectivity index (χ1n) is 11.1.